The molecule has 0 unspecified atom stereocenters. The van der Waals surface area contributed by atoms with Gasteiger partial charge in [0.05, 0.1) is 18.6 Å². The van der Waals surface area contributed by atoms with Gasteiger partial charge in [0, 0.05) is 12.1 Å². The number of carbonyl (C=O) groups is 2. The molecule has 1 amide bonds. The van der Waals surface area contributed by atoms with Crippen molar-refractivity contribution in [3.63, 3.8) is 0 Å². The normalized spacial score (nSPS) is 19.0. The highest BCUT2D eigenvalue weighted by atomic mass is 16.4. The molecule has 0 bridgehead atoms. The third kappa shape index (κ3) is 2.01. The Hall–Kier alpha value is -1.88. The van der Waals surface area contributed by atoms with Gasteiger partial charge in [-0.25, -0.2) is 0 Å². The second-order valence-corrected chi connectivity index (χ2v) is 3.92. The van der Waals surface area contributed by atoms with E-state index < -0.39 is 12.0 Å². The van der Waals surface area contributed by atoms with Crippen LogP contribution >= 0.6 is 0 Å². The van der Waals surface area contributed by atoms with E-state index in [4.69, 9.17) is 5.11 Å². The fourth-order valence-electron chi connectivity index (χ4n) is 2.10. The summed E-state index contributed by atoms with van der Waals surface area (Å²) in [4.78, 5) is 24.2. The van der Waals surface area contributed by atoms with Gasteiger partial charge in [0.1, 0.15) is 0 Å². The van der Waals surface area contributed by atoms with Gasteiger partial charge < -0.3 is 19.9 Å². The Balaban J connectivity index is 2.40. The van der Waals surface area contributed by atoms with Gasteiger partial charge in [0.15, 0.2) is 0 Å². The summed E-state index contributed by atoms with van der Waals surface area (Å²) in [6.07, 6.45) is 0.226. The third-order valence-corrected chi connectivity index (χ3v) is 2.91. The molecule has 1 N–H and O–H groups in total. The molecule has 5 nitrogen and oxygen atoms in total. The van der Waals surface area contributed by atoms with Crippen molar-refractivity contribution in [2.45, 2.75) is 12.5 Å². The summed E-state index contributed by atoms with van der Waals surface area (Å²) in [6.45, 7) is -0.260. The molecule has 0 saturated heterocycles. The Morgan fingerprint density at radius 2 is 2.18 bits per heavy atom. The van der Waals surface area contributed by atoms with E-state index >= 15 is 0 Å². The lowest BCUT2D eigenvalue weighted by molar-refractivity contribution is -0.311. The Kier molecular flexibility index (Phi) is 3.10. The SMILES string of the molecule is O=C([O-])[C@H]1Cc2ccccc2C(=O)N1CCO. The number of carboxylic acid groups (broad SMARTS) is 1. The highest BCUT2D eigenvalue weighted by molar-refractivity contribution is 5.99. The number of fused-ring (bicyclic) bond motifs is 1. The number of nitrogens with zero attached hydrogens (tertiary/aromatic N) is 1. The minimum atomic E-state index is -1.29. The molecular weight excluding hydrogens is 222 g/mol. The molecule has 1 aliphatic rings. The maximum absolute atomic E-state index is 12.0. The van der Waals surface area contributed by atoms with Crippen molar-refractivity contribution in [3.05, 3.63) is 35.4 Å². The van der Waals surface area contributed by atoms with Crippen LogP contribution in [0.1, 0.15) is 15.9 Å². The number of amides is 1. The maximum atomic E-state index is 12.0. The maximum Gasteiger partial charge on any atom is 0.254 e. The number of rotatable bonds is 3. The molecule has 0 saturated carbocycles. The monoisotopic (exact) mass is 234 g/mol. The molecule has 1 aromatic rings. The van der Waals surface area contributed by atoms with E-state index in [1.807, 2.05) is 0 Å². The zero-order valence-corrected chi connectivity index (χ0v) is 9.13. The third-order valence-electron chi connectivity index (χ3n) is 2.91. The van der Waals surface area contributed by atoms with Crippen molar-refractivity contribution >= 4 is 11.9 Å². The van der Waals surface area contributed by atoms with E-state index in [-0.39, 0.29) is 25.5 Å². The summed E-state index contributed by atoms with van der Waals surface area (Å²) in [7, 11) is 0. The van der Waals surface area contributed by atoms with Gasteiger partial charge in [0.25, 0.3) is 5.91 Å². The molecule has 17 heavy (non-hydrogen) atoms. The largest absolute Gasteiger partial charge is 0.548 e. The van der Waals surface area contributed by atoms with E-state index in [1.54, 1.807) is 24.3 Å². The zero-order chi connectivity index (χ0) is 12.4. The number of aliphatic hydroxyl groups excluding tert-OH is 1. The number of carbonyl (C=O) groups excluding carboxylic acids is 2. The van der Waals surface area contributed by atoms with Crippen LogP contribution in [-0.4, -0.2) is 41.1 Å². The first-order valence-electron chi connectivity index (χ1n) is 5.35. The average Bonchev–Trinajstić information content (AvgIpc) is 2.32. The number of hydrogen-bond acceptors (Lipinski definition) is 4. The van der Waals surface area contributed by atoms with Crippen LogP contribution in [0.25, 0.3) is 0 Å². The molecule has 0 aliphatic carbocycles. The highest BCUT2D eigenvalue weighted by Gasteiger charge is 2.32. The molecule has 1 aliphatic heterocycles. The molecule has 0 aromatic heterocycles. The number of aliphatic hydroxyl groups is 1. The van der Waals surface area contributed by atoms with Crippen molar-refractivity contribution in [1.82, 2.24) is 4.90 Å². The molecule has 0 spiro atoms. The molecule has 5 heteroatoms. The minimum Gasteiger partial charge on any atom is -0.548 e. The summed E-state index contributed by atoms with van der Waals surface area (Å²) < 4.78 is 0. The van der Waals surface area contributed by atoms with Gasteiger partial charge in [-0.3, -0.25) is 4.79 Å². The summed E-state index contributed by atoms with van der Waals surface area (Å²) in [5.41, 5.74) is 1.21. The Morgan fingerprint density at radius 3 is 2.82 bits per heavy atom. The summed E-state index contributed by atoms with van der Waals surface area (Å²) in [5, 5.41) is 19.9. The number of carboxylic acids is 1. The molecule has 0 radical (unpaired) electrons. The standard InChI is InChI=1S/C12H13NO4/c14-6-5-13-10(12(16)17)7-8-3-1-2-4-9(8)11(13)15/h1-4,10,14H,5-7H2,(H,16,17)/p-1/t10-/m1/s1. The van der Waals surface area contributed by atoms with Crippen molar-refractivity contribution in [2.24, 2.45) is 0 Å². The van der Waals surface area contributed by atoms with Crippen LogP contribution in [0, 0.1) is 0 Å². The molecule has 1 aromatic carbocycles. The van der Waals surface area contributed by atoms with Crippen LogP contribution in [0.5, 0.6) is 0 Å². The van der Waals surface area contributed by atoms with Gasteiger partial charge in [-0.1, -0.05) is 18.2 Å². The van der Waals surface area contributed by atoms with Crippen molar-refractivity contribution in [2.75, 3.05) is 13.2 Å². The van der Waals surface area contributed by atoms with Crippen LogP contribution in [-0.2, 0) is 11.2 Å². The van der Waals surface area contributed by atoms with Crippen LogP contribution in [0.2, 0.25) is 0 Å². The topological polar surface area (TPSA) is 80.7 Å². The lowest BCUT2D eigenvalue weighted by atomic mass is 9.93. The Labute approximate surface area is 98.3 Å². The van der Waals surface area contributed by atoms with E-state index in [1.165, 1.54) is 0 Å². The first-order chi connectivity index (χ1) is 8.15. The van der Waals surface area contributed by atoms with Crippen LogP contribution in [0.4, 0.5) is 0 Å². The fourth-order valence-corrected chi connectivity index (χ4v) is 2.10. The lowest BCUT2D eigenvalue weighted by Gasteiger charge is -2.36. The molecule has 1 heterocycles. The van der Waals surface area contributed by atoms with Crippen LogP contribution in [0.3, 0.4) is 0 Å². The Bertz CT molecular complexity index is 458. The highest BCUT2D eigenvalue weighted by Crippen LogP contribution is 2.22. The second kappa shape index (κ2) is 4.55. The van der Waals surface area contributed by atoms with Crippen LogP contribution < -0.4 is 5.11 Å². The first kappa shape index (κ1) is 11.6. The van der Waals surface area contributed by atoms with Gasteiger partial charge in [-0.05, 0) is 18.1 Å². The van der Waals surface area contributed by atoms with Crippen molar-refractivity contribution in [3.8, 4) is 0 Å². The predicted molar refractivity (Wildman–Crippen MR) is 57.1 cm³/mol. The quantitative estimate of drug-likeness (QED) is 0.712. The van der Waals surface area contributed by atoms with Gasteiger partial charge in [-0.15, -0.1) is 0 Å². The molecule has 2 rings (SSSR count). The summed E-state index contributed by atoms with van der Waals surface area (Å²) >= 11 is 0. The van der Waals surface area contributed by atoms with Crippen molar-refractivity contribution < 1.29 is 19.8 Å². The van der Waals surface area contributed by atoms with E-state index in [9.17, 15) is 14.7 Å². The molecular formula is C12H12NO4-. The first-order valence-corrected chi connectivity index (χ1v) is 5.35. The van der Waals surface area contributed by atoms with E-state index in [2.05, 4.69) is 0 Å². The predicted octanol–water partition coefficient (Wildman–Crippen LogP) is -1.20. The van der Waals surface area contributed by atoms with Gasteiger partial charge in [-0.2, -0.15) is 0 Å². The Morgan fingerprint density at radius 1 is 1.47 bits per heavy atom. The molecule has 90 valence electrons. The zero-order valence-electron chi connectivity index (χ0n) is 9.13. The smallest absolute Gasteiger partial charge is 0.254 e. The average molecular weight is 234 g/mol. The van der Waals surface area contributed by atoms with Crippen molar-refractivity contribution in [1.29, 1.82) is 0 Å². The number of aliphatic carboxylic acids is 1. The van der Waals surface area contributed by atoms with Crippen LogP contribution in [0.15, 0.2) is 24.3 Å². The minimum absolute atomic E-state index is 0.00577. The summed E-state index contributed by atoms with van der Waals surface area (Å²) in [6, 6.07) is 5.89. The van der Waals surface area contributed by atoms with E-state index in [0.717, 1.165) is 4.90 Å². The number of β-amino-alcohol motifs (C(OH)–C–C–N with tert-alkyl or cyclic N) is 1. The second-order valence-electron chi connectivity index (χ2n) is 3.92. The number of hydrogen-bond donors (Lipinski definition) is 1. The van der Waals surface area contributed by atoms with Gasteiger partial charge >= 0.3 is 0 Å². The van der Waals surface area contributed by atoms with Gasteiger partial charge in [0.2, 0.25) is 0 Å². The number of benzene rings is 1. The molecule has 1 atom stereocenters. The fraction of sp³-hybridized carbons (Fsp3) is 0.333. The summed E-state index contributed by atoms with van der Waals surface area (Å²) in [5.74, 6) is -1.66. The molecule has 0 fully saturated rings. The lowest BCUT2D eigenvalue weighted by Crippen LogP contribution is -2.55. The van der Waals surface area contributed by atoms with E-state index in [0.29, 0.717) is 11.1 Å².